The van der Waals surface area contributed by atoms with Crippen LogP contribution in [-0.2, 0) is 9.53 Å². The second kappa shape index (κ2) is 7.88. The second-order valence-electron chi connectivity index (χ2n) is 7.55. The average molecular weight is 417 g/mol. The molecule has 4 aromatic rings. The quantitative estimate of drug-likeness (QED) is 0.545. The lowest BCUT2D eigenvalue weighted by Gasteiger charge is -2.10. The molecule has 0 aliphatic carbocycles. The van der Waals surface area contributed by atoms with E-state index in [9.17, 15) is 9.18 Å². The smallest absolute Gasteiger partial charge is 0.231 e. The van der Waals surface area contributed by atoms with Crippen LogP contribution in [0.2, 0.25) is 0 Å². The Morgan fingerprint density at radius 2 is 2.10 bits per heavy atom. The number of hydrogen-bond acceptors (Lipinski definition) is 5. The summed E-state index contributed by atoms with van der Waals surface area (Å²) in [6.07, 6.45) is 4.02. The summed E-state index contributed by atoms with van der Waals surface area (Å²) in [5.74, 6) is -0.0908. The van der Waals surface area contributed by atoms with Crippen LogP contribution in [0, 0.1) is 18.7 Å². The fraction of sp³-hybridized carbons (Fsp3) is 0.217. The van der Waals surface area contributed by atoms with E-state index in [1.807, 2.05) is 18.2 Å². The first-order valence-electron chi connectivity index (χ1n) is 10.1. The van der Waals surface area contributed by atoms with Crippen LogP contribution in [0.4, 0.5) is 10.2 Å². The zero-order valence-corrected chi connectivity index (χ0v) is 16.9. The molecule has 1 unspecified atom stereocenters. The molecule has 0 bridgehead atoms. The molecular formula is C23H20FN5O2. The van der Waals surface area contributed by atoms with E-state index in [2.05, 4.69) is 15.4 Å². The number of carbonyl (C=O) groups is 1. The van der Waals surface area contributed by atoms with Crippen molar-refractivity contribution in [2.24, 2.45) is 5.92 Å². The summed E-state index contributed by atoms with van der Waals surface area (Å²) in [6.45, 7) is 2.75. The zero-order chi connectivity index (χ0) is 21.4. The van der Waals surface area contributed by atoms with Gasteiger partial charge in [-0.1, -0.05) is 0 Å². The number of ether oxygens (including phenoxy) is 1. The molecule has 1 atom stereocenters. The number of halogens is 1. The highest BCUT2D eigenvalue weighted by Gasteiger charge is 2.24. The summed E-state index contributed by atoms with van der Waals surface area (Å²) in [4.78, 5) is 21.5. The third kappa shape index (κ3) is 3.66. The summed E-state index contributed by atoms with van der Waals surface area (Å²) < 4.78 is 20.9. The molecule has 156 valence electrons. The van der Waals surface area contributed by atoms with Gasteiger partial charge in [-0.2, -0.15) is 5.10 Å². The number of nitrogens with zero attached hydrogens (tertiary/aromatic N) is 4. The Labute approximate surface area is 177 Å². The molecule has 4 heterocycles. The third-order valence-electron chi connectivity index (χ3n) is 5.41. The number of amides is 1. The van der Waals surface area contributed by atoms with Crippen LogP contribution in [0.25, 0.3) is 28.2 Å². The maximum absolute atomic E-state index is 13.8. The van der Waals surface area contributed by atoms with E-state index in [0.717, 1.165) is 16.8 Å². The lowest BCUT2D eigenvalue weighted by molar-refractivity contribution is -0.119. The first kappa shape index (κ1) is 19.3. The Kier molecular flexibility index (Phi) is 4.91. The fourth-order valence-electron chi connectivity index (χ4n) is 3.76. The van der Waals surface area contributed by atoms with Gasteiger partial charge in [0.1, 0.15) is 17.3 Å². The standard InChI is InChI=1S/C23H20FN5O2/c1-14-11-15(4-5-18(14)24)21-22(29-20(28-21)3-2-8-26-29)16-6-9-25-19(12-16)27-23(30)17-7-10-31-13-17/h2-6,8-9,11-12,17H,7,10,13H2,1H3,(H,25,27,30). The van der Waals surface area contributed by atoms with Gasteiger partial charge in [-0.3, -0.25) is 4.79 Å². The number of carbonyl (C=O) groups excluding carboxylic acids is 1. The van der Waals surface area contributed by atoms with Gasteiger partial charge in [-0.25, -0.2) is 18.9 Å². The molecule has 1 fully saturated rings. The highest BCUT2D eigenvalue weighted by atomic mass is 19.1. The highest BCUT2D eigenvalue weighted by Crippen LogP contribution is 2.33. The Morgan fingerprint density at radius 3 is 2.90 bits per heavy atom. The van der Waals surface area contributed by atoms with E-state index in [-0.39, 0.29) is 17.6 Å². The topological polar surface area (TPSA) is 81.4 Å². The van der Waals surface area contributed by atoms with Crippen LogP contribution in [-0.4, -0.2) is 38.7 Å². The summed E-state index contributed by atoms with van der Waals surface area (Å²) in [6, 6.07) is 12.2. The number of pyridine rings is 1. The lowest BCUT2D eigenvalue weighted by Crippen LogP contribution is -2.23. The summed E-state index contributed by atoms with van der Waals surface area (Å²) in [5, 5.41) is 7.33. The van der Waals surface area contributed by atoms with Crippen LogP contribution >= 0.6 is 0 Å². The monoisotopic (exact) mass is 417 g/mol. The molecule has 1 amide bonds. The molecule has 0 saturated carbocycles. The van der Waals surface area contributed by atoms with Crippen molar-refractivity contribution in [1.29, 1.82) is 0 Å². The first-order valence-corrected chi connectivity index (χ1v) is 10.1. The maximum Gasteiger partial charge on any atom is 0.231 e. The Bertz CT molecular complexity index is 1280. The van der Waals surface area contributed by atoms with Crippen LogP contribution in [0.3, 0.4) is 0 Å². The van der Waals surface area contributed by atoms with E-state index < -0.39 is 0 Å². The number of anilines is 1. The minimum absolute atomic E-state index is 0.104. The fourth-order valence-corrected chi connectivity index (χ4v) is 3.76. The normalized spacial score (nSPS) is 16.0. The molecular weight excluding hydrogens is 397 g/mol. The molecule has 8 heteroatoms. The van der Waals surface area contributed by atoms with Crippen molar-refractivity contribution in [3.63, 3.8) is 0 Å². The van der Waals surface area contributed by atoms with Gasteiger partial charge in [-0.05, 0) is 61.4 Å². The molecule has 1 N–H and O–H groups in total. The van der Waals surface area contributed by atoms with Gasteiger partial charge in [0.15, 0.2) is 5.65 Å². The predicted molar refractivity (Wildman–Crippen MR) is 114 cm³/mol. The molecule has 1 saturated heterocycles. The number of rotatable bonds is 4. The van der Waals surface area contributed by atoms with Crippen molar-refractivity contribution in [1.82, 2.24) is 19.6 Å². The molecule has 3 aromatic heterocycles. The number of imidazole rings is 1. The zero-order valence-electron chi connectivity index (χ0n) is 16.9. The number of nitrogens with one attached hydrogen (secondary N) is 1. The maximum atomic E-state index is 13.8. The molecule has 31 heavy (non-hydrogen) atoms. The molecule has 7 nitrogen and oxygen atoms in total. The van der Waals surface area contributed by atoms with Crippen molar-refractivity contribution in [2.45, 2.75) is 13.3 Å². The van der Waals surface area contributed by atoms with Gasteiger partial charge in [0.2, 0.25) is 5.91 Å². The number of aromatic nitrogens is 4. The second-order valence-corrected chi connectivity index (χ2v) is 7.55. The Morgan fingerprint density at radius 1 is 1.19 bits per heavy atom. The van der Waals surface area contributed by atoms with E-state index in [4.69, 9.17) is 9.72 Å². The molecule has 1 aliphatic heterocycles. The van der Waals surface area contributed by atoms with Gasteiger partial charge in [0, 0.05) is 30.1 Å². The average Bonchev–Trinajstić information content (AvgIpc) is 3.44. The minimum Gasteiger partial charge on any atom is -0.381 e. The Balaban J connectivity index is 1.59. The van der Waals surface area contributed by atoms with E-state index in [0.29, 0.717) is 42.4 Å². The van der Waals surface area contributed by atoms with Gasteiger partial charge in [0.05, 0.1) is 18.2 Å². The van der Waals surface area contributed by atoms with Crippen molar-refractivity contribution < 1.29 is 13.9 Å². The SMILES string of the molecule is Cc1cc(-c2nc3cccnn3c2-c2ccnc(NC(=O)C3CCOC3)c2)ccc1F. The van der Waals surface area contributed by atoms with Crippen molar-refractivity contribution >= 4 is 17.4 Å². The molecule has 0 spiro atoms. The van der Waals surface area contributed by atoms with Gasteiger partial charge in [0.25, 0.3) is 0 Å². The van der Waals surface area contributed by atoms with E-state index in [1.165, 1.54) is 6.07 Å². The van der Waals surface area contributed by atoms with Crippen LogP contribution in [0.15, 0.2) is 54.9 Å². The van der Waals surface area contributed by atoms with Crippen molar-refractivity contribution in [2.75, 3.05) is 18.5 Å². The number of aryl methyl sites for hydroxylation is 1. The van der Waals surface area contributed by atoms with E-state index >= 15 is 0 Å². The number of benzene rings is 1. The van der Waals surface area contributed by atoms with Crippen molar-refractivity contribution in [3.8, 4) is 22.5 Å². The first-order chi connectivity index (χ1) is 15.1. The lowest BCUT2D eigenvalue weighted by atomic mass is 10.0. The largest absolute Gasteiger partial charge is 0.381 e. The third-order valence-corrected chi connectivity index (χ3v) is 5.41. The van der Waals surface area contributed by atoms with Gasteiger partial charge in [-0.15, -0.1) is 0 Å². The van der Waals surface area contributed by atoms with Crippen molar-refractivity contribution in [3.05, 3.63) is 66.2 Å². The van der Waals surface area contributed by atoms with Crippen LogP contribution < -0.4 is 5.32 Å². The number of hydrogen-bond donors (Lipinski definition) is 1. The predicted octanol–water partition coefficient (Wildman–Crippen LogP) is 3.88. The van der Waals surface area contributed by atoms with Crippen LogP contribution in [0.5, 0.6) is 0 Å². The van der Waals surface area contributed by atoms with Gasteiger partial charge < -0.3 is 10.1 Å². The van der Waals surface area contributed by atoms with E-state index in [1.54, 1.807) is 42.0 Å². The number of fused-ring (bicyclic) bond motifs is 1. The molecule has 0 radical (unpaired) electrons. The molecule has 1 aliphatic rings. The minimum atomic E-state index is -0.267. The summed E-state index contributed by atoms with van der Waals surface area (Å²) >= 11 is 0. The Hall–Kier alpha value is -3.65. The molecule has 5 rings (SSSR count). The summed E-state index contributed by atoms with van der Waals surface area (Å²) in [5.41, 5.74) is 4.19. The summed E-state index contributed by atoms with van der Waals surface area (Å²) in [7, 11) is 0. The highest BCUT2D eigenvalue weighted by molar-refractivity contribution is 5.93. The molecule has 1 aromatic carbocycles. The van der Waals surface area contributed by atoms with Crippen LogP contribution in [0.1, 0.15) is 12.0 Å². The van der Waals surface area contributed by atoms with Gasteiger partial charge >= 0.3 is 0 Å².